The number of rotatable bonds is 2. The van der Waals surface area contributed by atoms with Crippen molar-refractivity contribution in [1.82, 2.24) is 10.2 Å². The zero-order valence-corrected chi connectivity index (χ0v) is 11.2. The summed E-state index contributed by atoms with van der Waals surface area (Å²) in [5.74, 6) is -2.19. The summed E-state index contributed by atoms with van der Waals surface area (Å²) in [4.78, 5) is 48.7. The molecule has 1 aromatic rings. The maximum absolute atomic E-state index is 12.5. The van der Waals surface area contributed by atoms with Gasteiger partial charge < -0.3 is 0 Å². The molecule has 0 bridgehead atoms. The van der Waals surface area contributed by atoms with Gasteiger partial charge in [0.15, 0.2) is 0 Å². The van der Waals surface area contributed by atoms with Gasteiger partial charge in [0.1, 0.15) is 6.04 Å². The molecule has 4 amide bonds. The fourth-order valence-corrected chi connectivity index (χ4v) is 2.85. The zero-order chi connectivity index (χ0) is 15.0. The molecule has 2 aliphatic heterocycles. The molecule has 0 aliphatic carbocycles. The van der Waals surface area contributed by atoms with Crippen LogP contribution in [0.1, 0.15) is 30.7 Å². The summed E-state index contributed by atoms with van der Waals surface area (Å²) < 4.78 is 0. The van der Waals surface area contributed by atoms with Crippen LogP contribution in [0, 0.1) is 0 Å². The van der Waals surface area contributed by atoms with Crippen LogP contribution in [0.3, 0.4) is 0 Å². The summed E-state index contributed by atoms with van der Waals surface area (Å²) >= 11 is 0. The molecule has 2 atom stereocenters. The molecule has 2 saturated heterocycles. The average Bonchev–Trinajstić information content (AvgIpc) is 2.76. The van der Waals surface area contributed by atoms with E-state index in [0.717, 1.165) is 10.5 Å². The number of imide groups is 2. The van der Waals surface area contributed by atoms with Crippen LogP contribution in [-0.2, 0) is 19.2 Å². The Labute approximate surface area is 121 Å². The van der Waals surface area contributed by atoms with Gasteiger partial charge in [0.05, 0.1) is 5.92 Å². The van der Waals surface area contributed by atoms with Gasteiger partial charge in [-0.3, -0.25) is 29.4 Å². The molecule has 3 rings (SSSR count). The number of likely N-dealkylation sites (tertiary alicyclic amines) is 1. The van der Waals surface area contributed by atoms with E-state index < -0.39 is 17.9 Å². The summed E-state index contributed by atoms with van der Waals surface area (Å²) in [6.07, 6.45) is 0.410. The van der Waals surface area contributed by atoms with E-state index in [1.807, 2.05) is 18.2 Å². The Morgan fingerprint density at radius 2 is 1.76 bits per heavy atom. The number of hydrogen-bond acceptors (Lipinski definition) is 4. The number of nitrogens with zero attached hydrogens (tertiary/aromatic N) is 1. The first kappa shape index (κ1) is 13.5. The second-order valence-corrected chi connectivity index (χ2v) is 5.24. The van der Waals surface area contributed by atoms with Crippen LogP contribution >= 0.6 is 0 Å². The maximum Gasteiger partial charge on any atom is 0.249 e. The fraction of sp³-hybridized carbons (Fsp3) is 0.333. The lowest BCUT2D eigenvalue weighted by molar-refractivity contribution is -0.150. The quantitative estimate of drug-likeness (QED) is 0.794. The summed E-state index contributed by atoms with van der Waals surface area (Å²) in [5.41, 5.74) is 0.769. The highest BCUT2D eigenvalue weighted by Crippen LogP contribution is 2.32. The fourth-order valence-electron chi connectivity index (χ4n) is 2.85. The van der Waals surface area contributed by atoms with Crippen molar-refractivity contribution in [2.75, 3.05) is 0 Å². The van der Waals surface area contributed by atoms with Crippen LogP contribution in [-0.4, -0.2) is 34.6 Å². The molecule has 1 N–H and O–H groups in total. The van der Waals surface area contributed by atoms with Gasteiger partial charge >= 0.3 is 0 Å². The summed E-state index contributed by atoms with van der Waals surface area (Å²) in [5, 5.41) is 2.18. The largest absolute Gasteiger partial charge is 0.295 e. The normalized spacial score (nSPS) is 26.2. The van der Waals surface area contributed by atoms with Crippen molar-refractivity contribution in [2.24, 2.45) is 0 Å². The monoisotopic (exact) mass is 286 g/mol. The van der Waals surface area contributed by atoms with Crippen molar-refractivity contribution in [3.8, 4) is 0 Å². The average molecular weight is 286 g/mol. The van der Waals surface area contributed by atoms with E-state index in [2.05, 4.69) is 5.32 Å². The lowest BCUT2D eigenvalue weighted by Gasteiger charge is -2.28. The van der Waals surface area contributed by atoms with Gasteiger partial charge in [0, 0.05) is 12.8 Å². The van der Waals surface area contributed by atoms with Crippen molar-refractivity contribution < 1.29 is 19.2 Å². The molecule has 108 valence electrons. The van der Waals surface area contributed by atoms with Crippen LogP contribution < -0.4 is 5.32 Å². The first-order valence-corrected chi connectivity index (χ1v) is 6.82. The van der Waals surface area contributed by atoms with E-state index in [1.54, 1.807) is 12.1 Å². The van der Waals surface area contributed by atoms with Crippen LogP contribution in [0.5, 0.6) is 0 Å². The number of piperidine rings is 1. The molecule has 0 saturated carbocycles. The minimum Gasteiger partial charge on any atom is -0.295 e. The van der Waals surface area contributed by atoms with Crippen molar-refractivity contribution >= 4 is 23.6 Å². The SMILES string of the molecule is O=C1CCC(N2C(=O)CC(c3ccccc3)C2=O)C(=O)N1. The predicted molar refractivity (Wildman–Crippen MR) is 71.8 cm³/mol. The molecule has 2 fully saturated rings. The first-order valence-electron chi connectivity index (χ1n) is 6.82. The predicted octanol–water partition coefficient (Wildman–Crippen LogP) is 0.334. The second kappa shape index (κ2) is 5.12. The highest BCUT2D eigenvalue weighted by atomic mass is 16.2. The van der Waals surface area contributed by atoms with Crippen LogP contribution in [0.4, 0.5) is 0 Å². The molecule has 6 nitrogen and oxygen atoms in total. The lowest BCUT2D eigenvalue weighted by atomic mass is 9.97. The topological polar surface area (TPSA) is 83.6 Å². The Morgan fingerprint density at radius 3 is 2.43 bits per heavy atom. The Hall–Kier alpha value is -2.50. The van der Waals surface area contributed by atoms with Gasteiger partial charge in [-0.15, -0.1) is 0 Å². The van der Waals surface area contributed by atoms with E-state index in [-0.39, 0.29) is 37.0 Å². The Bertz CT molecular complexity index is 626. The van der Waals surface area contributed by atoms with E-state index in [0.29, 0.717) is 0 Å². The third-order valence-electron chi connectivity index (χ3n) is 3.91. The highest BCUT2D eigenvalue weighted by Gasteiger charge is 2.46. The Kier molecular flexibility index (Phi) is 3.29. The Balaban J connectivity index is 1.84. The van der Waals surface area contributed by atoms with Gasteiger partial charge in [-0.1, -0.05) is 30.3 Å². The van der Waals surface area contributed by atoms with Gasteiger partial charge in [0.2, 0.25) is 23.6 Å². The molecule has 1 aromatic carbocycles. The summed E-state index contributed by atoms with van der Waals surface area (Å²) in [7, 11) is 0. The minimum atomic E-state index is -0.864. The molecule has 2 heterocycles. The number of nitrogens with one attached hydrogen (secondary N) is 1. The van der Waals surface area contributed by atoms with Crippen molar-refractivity contribution in [3.05, 3.63) is 35.9 Å². The van der Waals surface area contributed by atoms with Crippen molar-refractivity contribution in [3.63, 3.8) is 0 Å². The number of amides is 4. The molecular weight excluding hydrogens is 272 g/mol. The highest BCUT2D eigenvalue weighted by molar-refractivity contribution is 6.11. The van der Waals surface area contributed by atoms with Gasteiger partial charge in [-0.05, 0) is 12.0 Å². The molecular formula is C15H14N2O4. The molecule has 0 spiro atoms. The maximum atomic E-state index is 12.5. The van der Waals surface area contributed by atoms with Crippen molar-refractivity contribution in [2.45, 2.75) is 31.2 Å². The number of carbonyl (C=O) groups excluding carboxylic acids is 4. The number of carbonyl (C=O) groups is 4. The number of hydrogen-bond donors (Lipinski definition) is 1. The number of benzene rings is 1. The third-order valence-corrected chi connectivity index (χ3v) is 3.91. The molecule has 2 unspecified atom stereocenters. The smallest absolute Gasteiger partial charge is 0.249 e. The first-order chi connectivity index (χ1) is 10.1. The van der Waals surface area contributed by atoms with Crippen LogP contribution in [0.25, 0.3) is 0 Å². The van der Waals surface area contributed by atoms with E-state index >= 15 is 0 Å². The standard InChI is InChI=1S/C15H14N2O4/c18-12-7-6-11(14(20)16-12)17-13(19)8-10(15(17)21)9-4-2-1-3-5-9/h1-5,10-11H,6-8H2,(H,16,18,20). The third kappa shape index (κ3) is 2.33. The lowest BCUT2D eigenvalue weighted by Crippen LogP contribution is -2.54. The summed E-state index contributed by atoms with van der Waals surface area (Å²) in [6, 6.07) is 8.18. The van der Waals surface area contributed by atoms with Gasteiger partial charge in [-0.25, -0.2) is 0 Å². The second-order valence-electron chi connectivity index (χ2n) is 5.24. The molecule has 2 aliphatic rings. The molecule has 0 radical (unpaired) electrons. The minimum absolute atomic E-state index is 0.0700. The van der Waals surface area contributed by atoms with E-state index in [4.69, 9.17) is 0 Å². The molecule has 6 heteroatoms. The van der Waals surface area contributed by atoms with Crippen molar-refractivity contribution in [1.29, 1.82) is 0 Å². The van der Waals surface area contributed by atoms with Gasteiger partial charge in [-0.2, -0.15) is 0 Å². The summed E-state index contributed by atoms with van der Waals surface area (Å²) in [6.45, 7) is 0. The van der Waals surface area contributed by atoms with Crippen LogP contribution in [0.15, 0.2) is 30.3 Å². The molecule has 0 aromatic heterocycles. The Morgan fingerprint density at radius 1 is 1.05 bits per heavy atom. The van der Waals surface area contributed by atoms with E-state index in [9.17, 15) is 19.2 Å². The van der Waals surface area contributed by atoms with E-state index in [1.165, 1.54) is 0 Å². The van der Waals surface area contributed by atoms with Crippen LogP contribution in [0.2, 0.25) is 0 Å². The zero-order valence-electron chi connectivity index (χ0n) is 11.2. The van der Waals surface area contributed by atoms with Gasteiger partial charge in [0.25, 0.3) is 0 Å². The molecule has 21 heavy (non-hydrogen) atoms.